The first-order valence-electron chi connectivity index (χ1n) is 6.45. The Morgan fingerprint density at radius 3 is 2.00 bits per heavy atom. The van der Waals surface area contributed by atoms with Crippen molar-refractivity contribution >= 4 is 25.5 Å². The predicted molar refractivity (Wildman–Crippen MR) is 81.7 cm³/mol. The highest BCUT2D eigenvalue weighted by atomic mass is 32.2. The minimum Gasteiger partial charge on any atom is -0.276 e. The highest BCUT2D eigenvalue weighted by Gasteiger charge is 2.46. The molecule has 2 rings (SSSR count). The molecule has 0 radical (unpaired) electrons. The summed E-state index contributed by atoms with van der Waals surface area (Å²) in [6, 6.07) is 10.5. The molecule has 0 aliphatic heterocycles. The first-order valence-corrected chi connectivity index (χ1v) is 9.42. The van der Waals surface area contributed by atoms with Gasteiger partial charge in [0.1, 0.15) is 0 Å². The molecule has 0 atom stereocenters. The molecule has 2 aromatic carbocycles. The van der Waals surface area contributed by atoms with Gasteiger partial charge < -0.3 is 0 Å². The van der Waals surface area contributed by atoms with E-state index in [2.05, 4.69) is 0 Å². The number of anilines is 1. The Kier molecular flexibility index (Phi) is 4.64. The molecule has 130 valence electrons. The van der Waals surface area contributed by atoms with Crippen molar-refractivity contribution in [2.45, 2.75) is 22.2 Å². The van der Waals surface area contributed by atoms with E-state index in [1.807, 2.05) is 0 Å². The Morgan fingerprint density at radius 1 is 0.875 bits per heavy atom. The van der Waals surface area contributed by atoms with Crippen molar-refractivity contribution in [3.63, 3.8) is 0 Å². The van der Waals surface area contributed by atoms with E-state index in [0.29, 0.717) is 0 Å². The van der Waals surface area contributed by atoms with Crippen LogP contribution in [0.25, 0.3) is 0 Å². The molecule has 0 fully saturated rings. The lowest BCUT2D eigenvalue weighted by molar-refractivity contribution is -0.0429. The van der Waals surface area contributed by atoms with Crippen molar-refractivity contribution in [2.75, 3.05) is 4.72 Å². The number of alkyl halides is 3. The minimum absolute atomic E-state index is 0.0570. The average molecular weight is 379 g/mol. The van der Waals surface area contributed by atoms with Gasteiger partial charge in [0.2, 0.25) is 9.84 Å². The second-order valence-corrected chi connectivity index (χ2v) is 8.47. The zero-order chi connectivity index (χ0) is 18.2. The number of hydrogen-bond donors (Lipinski definition) is 1. The first kappa shape index (κ1) is 18.3. The molecular weight excluding hydrogens is 367 g/mol. The number of nitrogens with one attached hydrogen (secondary N) is 1. The van der Waals surface area contributed by atoms with Crippen LogP contribution in [0.4, 0.5) is 18.9 Å². The van der Waals surface area contributed by atoms with Crippen molar-refractivity contribution in [3.8, 4) is 0 Å². The summed E-state index contributed by atoms with van der Waals surface area (Å²) in [5, 5.41) is 0. The fourth-order valence-corrected chi connectivity index (χ4v) is 3.75. The van der Waals surface area contributed by atoms with Gasteiger partial charge in [-0.15, -0.1) is 0 Å². The summed E-state index contributed by atoms with van der Waals surface area (Å²) in [7, 11) is -9.63. The number of sulfone groups is 1. The van der Waals surface area contributed by atoms with E-state index in [-0.39, 0.29) is 15.4 Å². The van der Waals surface area contributed by atoms with Crippen molar-refractivity contribution in [1.82, 2.24) is 0 Å². The number of aryl methyl sites for hydroxylation is 1. The van der Waals surface area contributed by atoms with E-state index in [4.69, 9.17) is 0 Å². The Bertz CT molecular complexity index is 953. The lowest BCUT2D eigenvalue weighted by Gasteiger charge is -2.14. The summed E-state index contributed by atoms with van der Waals surface area (Å²) in [6.07, 6.45) is 0. The lowest BCUT2D eigenvalue weighted by Crippen LogP contribution is -2.30. The summed E-state index contributed by atoms with van der Waals surface area (Å²) < 4.78 is 86.2. The van der Waals surface area contributed by atoms with Crippen molar-refractivity contribution in [3.05, 3.63) is 54.1 Å². The topological polar surface area (TPSA) is 80.3 Å². The number of sulfonamides is 1. The van der Waals surface area contributed by atoms with E-state index in [1.54, 1.807) is 6.07 Å². The zero-order valence-electron chi connectivity index (χ0n) is 12.2. The maximum Gasteiger partial charge on any atom is 0.516 e. The van der Waals surface area contributed by atoms with Gasteiger partial charge in [-0.05, 0) is 36.8 Å². The van der Waals surface area contributed by atoms with Gasteiger partial charge in [0.15, 0.2) is 0 Å². The summed E-state index contributed by atoms with van der Waals surface area (Å²) >= 11 is 0. The third-order valence-corrected chi connectivity index (χ3v) is 5.99. The van der Waals surface area contributed by atoms with Crippen LogP contribution in [-0.4, -0.2) is 22.3 Å². The third-order valence-electron chi connectivity index (χ3n) is 3.12. The van der Waals surface area contributed by atoms with Crippen LogP contribution in [-0.2, 0) is 19.9 Å². The molecule has 0 bridgehead atoms. The first-order chi connectivity index (χ1) is 10.9. The Labute approximate surface area is 137 Å². The molecule has 2 aromatic rings. The molecule has 0 spiro atoms. The molecule has 0 unspecified atom stereocenters. The quantitative estimate of drug-likeness (QED) is 0.885. The smallest absolute Gasteiger partial charge is 0.276 e. The fourth-order valence-electron chi connectivity index (χ4n) is 1.82. The Balaban J connectivity index is 2.51. The summed E-state index contributed by atoms with van der Waals surface area (Å²) in [4.78, 5) is -0.377. The molecule has 0 heterocycles. The van der Waals surface area contributed by atoms with E-state index in [1.165, 1.54) is 48.0 Å². The standard InChI is InChI=1S/C14H12F3NO4S2/c1-10-7-8-12(23(19,20)11-5-3-2-4-6-11)9-13(10)18-24(21,22)14(15,16)17/h2-9,18H,1H3. The molecule has 0 aromatic heterocycles. The van der Waals surface area contributed by atoms with Gasteiger partial charge in [0, 0.05) is 0 Å². The normalized spacial score (nSPS) is 12.8. The summed E-state index contributed by atoms with van der Waals surface area (Å²) in [6.45, 7) is 1.35. The second kappa shape index (κ2) is 6.10. The molecule has 0 saturated carbocycles. The van der Waals surface area contributed by atoms with Gasteiger partial charge >= 0.3 is 15.5 Å². The van der Waals surface area contributed by atoms with Crippen LogP contribution in [0, 0.1) is 6.92 Å². The molecule has 0 saturated heterocycles. The SMILES string of the molecule is Cc1ccc(S(=O)(=O)c2ccccc2)cc1NS(=O)(=O)C(F)(F)F. The van der Waals surface area contributed by atoms with E-state index >= 15 is 0 Å². The van der Waals surface area contributed by atoms with Crippen LogP contribution in [0.5, 0.6) is 0 Å². The monoisotopic (exact) mass is 379 g/mol. The van der Waals surface area contributed by atoms with Gasteiger partial charge in [0.05, 0.1) is 15.5 Å². The van der Waals surface area contributed by atoms with E-state index in [9.17, 15) is 30.0 Å². The number of hydrogen-bond acceptors (Lipinski definition) is 4. The maximum absolute atomic E-state index is 12.5. The highest BCUT2D eigenvalue weighted by molar-refractivity contribution is 7.93. The van der Waals surface area contributed by atoms with Crippen LogP contribution >= 0.6 is 0 Å². The van der Waals surface area contributed by atoms with Crippen LogP contribution in [0.3, 0.4) is 0 Å². The Morgan fingerprint density at radius 2 is 1.46 bits per heavy atom. The van der Waals surface area contributed by atoms with Crippen LogP contribution < -0.4 is 4.72 Å². The molecule has 10 heteroatoms. The van der Waals surface area contributed by atoms with E-state index < -0.39 is 31.1 Å². The van der Waals surface area contributed by atoms with Crippen LogP contribution in [0.15, 0.2) is 58.3 Å². The number of benzene rings is 2. The largest absolute Gasteiger partial charge is 0.516 e. The minimum atomic E-state index is -5.64. The molecular formula is C14H12F3NO4S2. The van der Waals surface area contributed by atoms with Crippen molar-refractivity contribution in [2.24, 2.45) is 0 Å². The molecule has 5 nitrogen and oxygen atoms in total. The van der Waals surface area contributed by atoms with Crippen LogP contribution in [0.1, 0.15) is 5.56 Å². The van der Waals surface area contributed by atoms with Gasteiger partial charge in [-0.25, -0.2) is 8.42 Å². The molecule has 0 amide bonds. The van der Waals surface area contributed by atoms with Crippen molar-refractivity contribution in [1.29, 1.82) is 0 Å². The zero-order valence-corrected chi connectivity index (χ0v) is 13.8. The van der Waals surface area contributed by atoms with Gasteiger partial charge in [-0.3, -0.25) is 4.72 Å². The van der Waals surface area contributed by atoms with E-state index in [0.717, 1.165) is 6.07 Å². The van der Waals surface area contributed by atoms with Crippen molar-refractivity contribution < 1.29 is 30.0 Å². The fraction of sp³-hybridized carbons (Fsp3) is 0.143. The number of halogens is 3. The average Bonchev–Trinajstić information content (AvgIpc) is 2.49. The predicted octanol–water partition coefficient (Wildman–Crippen LogP) is 3.09. The Hall–Kier alpha value is -2.07. The molecule has 24 heavy (non-hydrogen) atoms. The summed E-state index contributed by atoms with van der Waals surface area (Å²) in [5.41, 5.74) is -5.81. The molecule has 1 N–H and O–H groups in total. The third kappa shape index (κ3) is 3.54. The lowest BCUT2D eigenvalue weighted by atomic mass is 10.2. The second-order valence-electron chi connectivity index (χ2n) is 4.84. The maximum atomic E-state index is 12.5. The molecule has 0 aliphatic carbocycles. The van der Waals surface area contributed by atoms with Gasteiger partial charge in [-0.2, -0.15) is 21.6 Å². The number of rotatable bonds is 4. The van der Waals surface area contributed by atoms with Gasteiger partial charge in [-0.1, -0.05) is 24.3 Å². The highest BCUT2D eigenvalue weighted by Crippen LogP contribution is 2.30. The van der Waals surface area contributed by atoms with Gasteiger partial charge in [0.25, 0.3) is 0 Å². The molecule has 0 aliphatic rings. The summed E-state index contributed by atoms with van der Waals surface area (Å²) in [5.74, 6) is 0. The van der Waals surface area contributed by atoms with Crippen LogP contribution in [0.2, 0.25) is 0 Å².